The van der Waals surface area contributed by atoms with Crippen LogP contribution in [0, 0.1) is 6.92 Å². The molecule has 1 unspecified atom stereocenters. The number of carbonyl (C=O) groups excluding carboxylic acids is 2. The molecule has 0 fully saturated rings. The van der Waals surface area contributed by atoms with Gasteiger partial charge in [-0.2, -0.15) is 0 Å². The summed E-state index contributed by atoms with van der Waals surface area (Å²) in [6.07, 6.45) is 2.50. The number of hydrogen-bond acceptors (Lipinski definition) is 3. The van der Waals surface area contributed by atoms with E-state index in [2.05, 4.69) is 17.4 Å². The van der Waals surface area contributed by atoms with Crippen LogP contribution in [0.15, 0.2) is 42.5 Å². The maximum absolute atomic E-state index is 12.5. The highest BCUT2D eigenvalue weighted by Gasteiger charge is 2.24. The van der Waals surface area contributed by atoms with Crippen LogP contribution in [0.1, 0.15) is 45.8 Å². The molecule has 1 N–H and O–H groups in total. The van der Waals surface area contributed by atoms with Crippen LogP contribution in [0.5, 0.6) is 0 Å². The number of amides is 1. The topological polar surface area (TPSA) is 55.4 Å². The summed E-state index contributed by atoms with van der Waals surface area (Å²) in [4.78, 5) is 24.1. The molecule has 1 aliphatic carbocycles. The van der Waals surface area contributed by atoms with Crippen LogP contribution in [0.2, 0.25) is 0 Å². The molecule has 1 aliphatic rings. The molecule has 0 saturated carbocycles. The molecule has 124 valence electrons. The number of anilines is 1. The predicted octanol–water partition coefficient (Wildman–Crippen LogP) is 3.84. The van der Waals surface area contributed by atoms with E-state index in [9.17, 15) is 9.59 Å². The first kappa shape index (κ1) is 16.2. The van der Waals surface area contributed by atoms with Gasteiger partial charge in [-0.1, -0.05) is 30.3 Å². The molecule has 24 heavy (non-hydrogen) atoms. The summed E-state index contributed by atoms with van der Waals surface area (Å²) in [5, 5.41) is 2.94. The molecule has 0 heterocycles. The molecule has 0 spiro atoms. The van der Waals surface area contributed by atoms with E-state index in [4.69, 9.17) is 4.74 Å². The zero-order valence-electron chi connectivity index (χ0n) is 14.0. The van der Waals surface area contributed by atoms with Crippen LogP contribution in [-0.4, -0.2) is 19.0 Å². The number of fused-ring (bicyclic) bond motifs is 1. The van der Waals surface area contributed by atoms with E-state index in [0.29, 0.717) is 17.7 Å². The first-order valence-electron chi connectivity index (χ1n) is 8.15. The Labute approximate surface area is 141 Å². The Morgan fingerprint density at radius 3 is 2.79 bits per heavy atom. The minimum Gasteiger partial charge on any atom is -0.465 e. The average Bonchev–Trinajstić information content (AvgIpc) is 2.99. The Hall–Kier alpha value is -2.62. The summed E-state index contributed by atoms with van der Waals surface area (Å²) in [6, 6.07) is 13.5. The predicted molar refractivity (Wildman–Crippen MR) is 93.3 cm³/mol. The first-order valence-corrected chi connectivity index (χ1v) is 8.15. The van der Waals surface area contributed by atoms with Crippen LogP contribution < -0.4 is 5.32 Å². The summed E-state index contributed by atoms with van der Waals surface area (Å²) >= 11 is 0. The summed E-state index contributed by atoms with van der Waals surface area (Å²) in [6.45, 7) is 1.90. The fourth-order valence-corrected chi connectivity index (χ4v) is 3.28. The number of aryl methyl sites for hydroxylation is 2. The minimum absolute atomic E-state index is 0.0261. The van der Waals surface area contributed by atoms with Crippen LogP contribution >= 0.6 is 0 Å². The molecule has 1 atom stereocenters. The zero-order chi connectivity index (χ0) is 17.1. The molecule has 4 heteroatoms. The zero-order valence-corrected chi connectivity index (χ0v) is 14.0. The van der Waals surface area contributed by atoms with Crippen molar-refractivity contribution in [3.8, 4) is 0 Å². The van der Waals surface area contributed by atoms with Crippen molar-refractivity contribution in [2.45, 2.75) is 32.1 Å². The van der Waals surface area contributed by atoms with Crippen molar-refractivity contribution in [3.63, 3.8) is 0 Å². The van der Waals surface area contributed by atoms with Crippen LogP contribution in [0.25, 0.3) is 0 Å². The second-order valence-electron chi connectivity index (χ2n) is 6.21. The Balaban J connectivity index is 1.71. The lowest BCUT2D eigenvalue weighted by Gasteiger charge is -2.14. The van der Waals surface area contributed by atoms with Crippen molar-refractivity contribution in [2.75, 3.05) is 12.4 Å². The molecule has 0 aliphatic heterocycles. The lowest BCUT2D eigenvalue weighted by atomic mass is 9.97. The Morgan fingerprint density at radius 1 is 1.21 bits per heavy atom. The van der Waals surface area contributed by atoms with Crippen molar-refractivity contribution < 1.29 is 14.3 Å². The quantitative estimate of drug-likeness (QED) is 0.870. The number of nitrogens with one attached hydrogen (secondary N) is 1. The summed E-state index contributed by atoms with van der Waals surface area (Å²) in [5.74, 6) is -0.165. The summed E-state index contributed by atoms with van der Waals surface area (Å²) in [5.41, 5.74) is 4.65. The van der Waals surface area contributed by atoms with Gasteiger partial charge in [0.2, 0.25) is 5.91 Å². The third-order valence-corrected chi connectivity index (χ3v) is 4.62. The maximum atomic E-state index is 12.5. The van der Waals surface area contributed by atoms with Crippen molar-refractivity contribution in [2.24, 2.45) is 0 Å². The molecule has 1 amide bonds. The molecular formula is C20H21NO3. The Kier molecular flexibility index (Phi) is 4.65. The van der Waals surface area contributed by atoms with Crippen LogP contribution in [-0.2, 0) is 16.0 Å². The van der Waals surface area contributed by atoms with Gasteiger partial charge in [0.05, 0.1) is 12.7 Å². The number of benzene rings is 2. The van der Waals surface area contributed by atoms with E-state index in [1.165, 1.54) is 18.2 Å². The van der Waals surface area contributed by atoms with Crippen molar-refractivity contribution in [1.29, 1.82) is 0 Å². The SMILES string of the molecule is COC(=O)c1ccc(C)c(NC(=O)CC2CCc3ccccc32)c1. The van der Waals surface area contributed by atoms with Gasteiger partial charge >= 0.3 is 5.97 Å². The van der Waals surface area contributed by atoms with Gasteiger partial charge in [-0.3, -0.25) is 4.79 Å². The van der Waals surface area contributed by atoms with E-state index in [0.717, 1.165) is 18.4 Å². The van der Waals surface area contributed by atoms with E-state index >= 15 is 0 Å². The second-order valence-corrected chi connectivity index (χ2v) is 6.21. The maximum Gasteiger partial charge on any atom is 0.337 e. The van der Waals surface area contributed by atoms with Crippen molar-refractivity contribution in [3.05, 3.63) is 64.7 Å². The Morgan fingerprint density at radius 2 is 2.00 bits per heavy atom. The third-order valence-electron chi connectivity index (χ3n) is 4.62. The summed E-state index contributed by atoms with van der Waals surface area (Å²) in [7, 11) is 1.35. The van der Waals surface area contributed by atoms with E-state index in [1.54, 1.807) is 12.1 Å². The fourth-order valence-electron chi connectivity index (χ4n) is 3.28. The molecule has 2 aromatic carbocycles. The van der Waals surface area contributed by atoms with Gasteiger partial charge in [0.25, 0.3) is 0 Å². The Bertz CT molecular complexity index is 782. The molecule has 4 nitrogen and oxygen atoms in total. The van der Waals surface area contributed by atoms with Gasteiger partial charge in [-0.15, -0.1) is 0 Å². The smallest absolute Gasteiger partial charge is 0.337 e. The highest BCUT2D eigenvalue weighted by Crippen LogP contribution is 2.35. The monoisotopic (exact) mass is 323 g/mol. The van der Waals surface area contributed by atoms with Gasteiger partial charge < -0.3 is 10.1 Å². The van der Waals surface area contributed by atoms with E-state index in [-0.39, 0.29) is 11.8 Å². The molecular weight excluding hydrogens is 302 g/mol. The van der Waals surface area contributed by atoms with Crippen LogP contribution in [0.4, 0.5) is 5.69 Å². The van der Waals surface area contributed by atoms with Crippen molar-refractivity contribution in [1.82, 2.24) is 0 Å². The minimum atomic E-state index is -0.407. The molecule has 3 rings (SSSR count). The highest BCUT2D eigenvalue weighted by molar-refractivity contribution is 5.95. The van der Waals surface area contributed by atoms with Crippen LogP contribution in [0.3, 0.4) is 0 Å². The second kappa shape index (κ2) is 6.87. The fraction of sp³-hybridized carbons (Fsp3) is 0.300. The average molecular weight is 323 g/mol. The largest absolute Gasteiger partial charge is 0.465 e. The van der Waals surface area contributed by atoms with Gasteiger partial charge in [-0.25, -0.2) is 4.79 Å². The van der Waals surface area contributed by atoms with Gasteiger partial charge in [-0.05, 0) is 54.5 Å². The normalized spacial score (nSPS) is 15.7. The van der Waals surface area contributed by atoms with E-state index in [1.807, 2.05) is 25.1 Å². The van der Waals surface area contributed by atoms with E-state index < -0.39 is 5.97 Å². The number of esters is 1. The molecule has 0 bridgehead atoms. The summed E-state index contributed by atoms with van der Waals surface area (Å²) < 4.78 is 4.73. The number of ether oxygens (including phenoxy) is 1. The first-order chi connectivity index (χ1) is 11.6. The lowest BCUT2D eigenvalue weighted by molar-refractivity contribution is -0.116. The third kappa shape index (κ3) is 3.32. The number of hydrogen-bond donors (Lipinski definition) is 1. The number of carbonyl (C=O) groups is 2. The number of methoxy groups -OCH3 is 1. The standard InChI is InChI=1S/C20H21NO3/c1-13-7-8-16(20(23)24-2)11-18(13)21-19(22)12-15-10-9-14-5-3-4-6-17(14)15/h3-8,11,15H,9-10,12H2,1-2H3,(H,21,22). The van der Waals surface area contributed by atoms with Crippen molar-refractivity contribution >= 4 is 17.6 Å². The number of rotatable bonds is 4. The lowest BCUT2D eigenvalue weighted by Crippen LogP contribution is -2.16. The molecule has 0 saturated heterocycles. The molecule has 0 radical (unpaired) electrons. The van der Waals surface area contributed by atoms with Gasteiger partial charge in [0.15, 0.2) is 0 Å². The molecule has 2 aromatic rings. The van der Waals surface area contributed by atoms with Gasteiger partial charge in [0, 0.05) is 12.1 Å². The highest BCUT2D eigenvalue weighted by atomic mass is 16.5. The molecule has 0 aromatic heterocycles. The van der Waals surface area contributed by atoms with Gasteiger partial charge in [0.1, 0.15) is 0 Å².